The van der Waals surface area contributed by atoms with E-state index in [1.807, 2.05) is 0 Å². The quantitative estimate of drug-likeness (QED) is 0.136. The first kappa shape index (κ1) is 29.1. The minimum absolute atomic E-state index is 0.653. The lowest BCUT2D eigenvalue weighted by Crippen LogP contribution is -2.43. The van der Waals surface area contributed by atoms with Crippen molar-refractivity contribution in [3.8, 4) is 0 Å². The predicted molar refractivity (Wildman–Crippen MR) is 129 cm³/mol. The highest BCUT2D eigenvalue weighted by Crippen LogP contribution is 2.21. The van der Waals surface area contributed by atoms with Crippen molar-refractivity contribution in [1.29, 1.82) is 0 Å². The van der Waals surface area contributed by atoms with Gasteiger partial charge in [0, 0.05) is 33.4 Å². The molecule has 0 aliphatic carbocycles. The van der Waals surface area contributed by atoms with Crippen LogP contribution in [0.1, 0.15) is 110 Å². The Morgan fingerprint density at radius 1 is 0.586 bits per heavy atom. The minimum Gasteiger partial charge on any atom is -0.377 e. The first-order valence-electron chi connectivity index (χ1n) is 12.4. The lowest BCUT2D eigenvalue weighted by Gasteiger charge is -2.27. The third-order valence-corrected chi connectivity index (χ3v) is 9.16. The molecular weight excluding hydrogens is 378 g/mol. The molecule has 0 aromatic rings. The van der Waals surface area contributed by atoms with Crippen LogP contribution in [-0.4, -0.2) is 55.2 Å². The average molecular weight is 432 g/mol. The van der Waals surface area contributed by atoms with Crippen LogP contribution in [0.25, 0.3) is 0 Å². The molecule has 0 aliphatic heterocycles. The summed E-state index contributed by atoms with van der Waals surface area (Å²) in [6.45, 7) is 2.29. The van der Waals surface area contributed by atoms with E-state index in [2.05, 4.69) is 25.9 Å². The van der Waals surface area contributed by atoms with E-state index >= 15 is 0 Å². The molecule has 0 fully saturated rings. The minimum atomic E-state index is -2.41. The Kier molecular flexibility index (Phi) is 20.0. The summed E-state index contributed by atoms with van der Waals surface area (Å²) >= 11 is 0. The monoisotopic (exact) mass is 431 g/mol. The zero-order valence-corrected chi connectivity index (χ0v) is 21.8. The third-order valence-electron chi connectivity index (χ3n) is 6.32. The first-order chi connectivity index (χ1) is 14.0. The molecule has 4 nitrogen and oxygen atoms in total. The lowest BCUT2D eigenvalue weighted by molar-refractivity contribution is 0.121. The van der Waals surface area contributed by atoms with Crippen LogP contribution >= 0.6 is 0 Å². The van der Waals surface area contributed by atoms with Gasteiger partial charge in [-0.1, -0.05) is 90.4 Å². The van der Waals surface area contributed by atoms with Crippen LogP contribution in [0.3, 0.4) is 0 Å². The summed E-state index contributed by atoms with van der Waals surface area (Å²) in [5.41, 5.74) is 0. The van der Waals surface area contributed by atoms with E-state index in [0.717, 1.165) is 12.5 Å². The van der Waals surface area contributed by atoms with Crippen LogP contribution in [0.4, 0.5) is 0 Å². The molecule has 0 saturated heterocycles. The molecular formula is C24H53NO3Si. The van der Waals surface area contributed by atoms with Gasteiger partial charge in [-0.15, -0.1) is 0 Å². The van der Waals surface area contributed by atoms with Gasteiger partial charge in [-0.25, -0.2) is 0 Å². The van der Waals surface area contributed by atoms with Gasteiger partial charge in [0.2, 0.25) is 0 Å². The van der Waals surface area contributed by atoms with Crippen molar-refractivity contribution < 1.29 is 13.3 Å². The Bertz CT molecular complexity index is 330. The molecule has 0 aromatic heterocycles. The maximum absolute atomic E-state index is 5.54. The maximum Gasteiger partial charge on any atom is 0.500 e. The van der Waals surface area contributed by atoms with E-state index in [1.165, 1.54) is 96.3 Å². The number of unbranched alkanes of at least 4 members (excludes halogenated alkanes) is 12. The second kappa shape index (κ2) is 20.0. The summed E-state index contributed by atoms with van der Waals surface area (Å²) in [6.07, 6.45) is 22.0. The number of rotatable bonds is 22. The van der Waals surface area contributed by atoms with E-state index in [9.17, 15) is 0 Å². The van der Waals surface area contributed by atoms with Crippen LogP contribution in [0.2, 0.25) is 6.04 Å². The van der Waals surface area contributed by atoms with Crippen LogP contribution in [-0.2, 0) is 13.3 Å². The van der Waals surface area contributed by atoms with Gasteiger partial charge in [0.15, 0.2) is 0 Å². The van der Waals surface area contributed by atoms with Crippen molar-refractivity contribution >= 4 is 8.80 Å². The van der Waals surface area contributed by atoms with Crippen molar-refractivity contribution in [3.05, 3.63) is 0 Å². The highest BCUT2D eigenvalue weighted by atomic mass is 28.4. The van der Waals surface area contributed by atoms with Gasteiger partial charge in [0.25, 0.3) is 0 Å². The summed E-state index contributed by atoms with van der Waals surface area (Å²) in [5.74, 6) is 0. The molecule has 0 aliphatic rings. The summed E-state index contributed by atoms with van der Waals surface area (Å²) in [7, 11) is 7.12. The van der Waals surface area contributed by atoms with E-state index in [-0.39, 0.29) is 0 Å². The molecule has 176 valence electrons. The van der Waals surface area contributed by atoms with Crippen LogP contribution in [0, 0.1) is 0 Å². The molecule has 0 spiro atoms. The first-order valence-corrected chi connectivity index (χ1v) is 14.3. The van der Waals surface area contributed by atoms with Crippen LogP contribution < -0.4 is 0 Å². The Hall–Kier alpha value is 0.0569. The molecule has 1 unspecified atom stereocenters. The maximum atomic E-state index is 5.54. The average Bonchev–Trinajstić information content (AvgIpc) is 2.73. The fourth-order valence-electron chi connectivity index (χ4n) is 4.17. The Morgan fingerprint density at radius 3 is 1.34 bits per heavy atom. The van der Waals surface area contributed by atoms with E-state index in [4.69, 9.17) is 13.3 Å². The molecule has 0 rings (SSSR count). The van der Waals surface area contributed by atoms with Crippen molar-refractivity contribution in [3.63, 3.8) is 0 Å². The summed E-state index contributed by atoms with van der Waals surface area (Å²) in [5, 5.41) is 0. The standard InChI is InChI=1S/C24H53NO3Si/c1-7-8-9-10-11-12-13-14-15-16-17-18-19-21-24(25(2)3)22-20-23-29(26-4,27-5)28-6/h24H,7-23H2,1-6H3. The molecule has 0 aromatic carbocycles. The second-order valence-electron chi connectivity index (χ2n) is 8.84. The summed E-state index contributed by atoms with van der Waals surface area (Å²) < 4.78 is 16.6. The Balaban J connectivity index is 3.68. The van der Waals surface area contributed by atoms with E-state index < -0.39 is 8.80 Å². The van der Waals surface area contributed by atoms with Crippen molar-refractivity contribution in [1.82, 2.24) is 4.90 Å². The van der Waals surface area contributed by atoms with Gasteiger partial charge in [-0.05, 0) is 33.4 Å². The third kappa shape index (κ3) is 15.5. The fourth-order valence-corrected chi connectivity index (χ4v) is 5.92. The Morgan fingerprint density at radius 2 is 0.966 bits per heavy atom. The molecule has 1 atom stereocenters. The summed E-state index contributed by atoms with van der Waals surface area (Å²) in [4.78, 5) is 2.39. The van der Waals surface area contributed by atoms with Gasteiger partial charge >= 0.3 is 8.80 Å². The molecule has 5 heteroatoms. The van der Waals surface area contributed by atoms with Crippen molar-refractivity contribution in [2.75, 3.05) is 35.4 Å². The molecule has 0 radical (unpaired) electrons. The topological polar surface area (TPSA) is 30.9 Å². The largest absolute Gasteiger partial charge is 0.500 e. The highest BCUT2D eigenvalue weighted by Gasteiger charge is 2.37. The van der Waals surface area contributed by atoms with Crippen LogP contribution in [0.5, 0.6) is 0 Å². The molecule has 0 saturated carbocycles. The predicted octanol–water partition coefficient (Wildman–Crippen LogP) is 7.06. The zero-order valence-electron chi connectivity index (χ0n) is 20.8. The van der Waals surface area contributed by atoms with Gasteiger partial charge < -0.3 is 18.2 Å². The lowest BCUT2D eigenvalue weighted by atomic mass is 10.0. The van der Waals surface area contributed by atoms with E-state index in [1.54, 1.807) is 21.3 Å². The number of hydrogen-bond acceptors (Lipinski definition) is 4. The van der Waals surface area contributed by atoms with Crippen LogP contribution in [0.15, 0.2) is 0 Å². The number of hydrogen-bond donors (Lipinski definition) is 0. The fraction of sp³-hybridized carbons (Fsp3) is 1.00. The number of nitrogens with zero attached hydrogens (tertiary/aromatic N) is 1. The van der Waals surface area contributed by atoms with Gasteiger partial charge in [-0.3, -0.25) is 0 Å². The zero-order chi connectivity index (χ0) is 21.8. The molecule has 29 heavy (non-hydrogen) atoms. The summed E-state index contributed by atoms with van der Waals surface area (Å²) in [6, 6.07) is 1.55. The second-order valence-corrected chi connectivity index (χ2v) is 11.9. The molecule has 0 bridgehead atoms. The van der Waals surface area contributed by atoms with Gasteiger partial charge in [-0.2, -0.15) is 0 Å². The Labute approximate surface area is 184 Å². The van der Waals surface area contributed by atoms with E-state index in [0.29, 0.717) is 6.04 Å². The SMILES string of the molecule is CCCCCCCCCCCCCCCC(CCC[Si](OC)(OC)OC)N(C)C. The molecule has 0 heterocycles. The molecule has 0 N–H and O–H groups in total. The normalized spacial score (nSPS) is 13.3. The van der Waals surface area contributed by atoms with Crippen molar-refractivity contribution in [2.45, 2.75) is 122 Å². The van der Waals surface area contributed by atoms with Gasteiger partial charge in [0.05, 0.1) is 0 Å². The van der Waals surface area contributed by atoms with Gasteiger partial charge in [0.1, 0.15) is 0 Å². The smallest absolute Gasteiger partial charge is 0.377 e. The molecule has 0 amide bonds. The van der Waals surface area contributed by atoms with Crippen molar-refractivity contribution in [2.24, 2.45) is 0 Å². The highest BCUT2D eigenvalue weighted by molar-refractivity contribution is 6.60.